The third-order valence-electron chi connectivity index (χ3n) is 1.68. The van der Waals surface area contributed by atoms with E-state index < -0.39 is 18.2 Å². The maximum Gasteiger partial charge on any atom is 0.303 e. The van der Waals surface area contributed by atoms with Crippen molar-refractivity contribution in [3.8, 4) is 0 Å². The van der Waals surface area contributed by atoms with Crippen molar-refractivity contribution >= 4 is 11.9 Å². The quantitative estimate of drug-likeness (QED) is 0.265. The van der Waals surface area contributed by atoms with Crippen LogP contribution in [0.1, 0.15) is 45.4 Å². The van der Waals surface area contributed by atoms with Crippen LogP contribution in [0.25, 0.3) is 0 Å². The molecule has 0 unspecified atom stereocenters. The van der Waals surface area contributed by atoms with Gasteiger partial charge < -0.3 is 30.6 Å². The highest BCUT2D eigenvalue weighted by Crippen LogP contribution is 1.98. The predicted octanol–water partition coefficient (Wildman–Crippen LogP) is -0.216. The van der Waals surface area contributed by atoms with E-state index in [-0.39, 0.29) is 26.1 Å². The highest BCUT2D eigenvalue weighted by Gasteiger charge is 1.99. The van der Waals surface area contributed by atoms with Crippen molar-refractivity contribution in [1.82, 2.24) is 0 Å². The summed E-state index contributed by atoms with van der Waals surface area (Å²) in [5.74, 6) is -1.74. The molecule has 0 amide bonds. The van der Waals surface area contributed by atoms with Crippen molar-refractivity contribution in [3.05, 3.63) is 0 Å². The number of aliphatic carboxylic acids is 2. The van der Waals surface area contributed by atoms with Gasteiger partial charge >= 0.3 is 11.9 Å². The number of aliphatic hydroxyl groups excluding tert-OH is 3. The molecule has 0 aromatic carbocycles. The monoisotopic (exact) mass is 298 g/mol. The third kappa shape index (κ3) is 43.7. The Hall–Kier alpha value is -1.22. The lowest BCUT2D eigenvalue weighted by atomic mass is 10.2. The Morgan fingerprint density at radius 2 is 1.25 bits per heavy atom. The second kappa shape index (κ2) is 20.1. The lowest BCUT2D eigenvalue weighted by molar-refractivity contribution is -0.139. The Balaban J connectivity index is -0.000000246. The Kier molecular flexibility index (Phi) is 24.0. The summed E-state index contributed by atoms with van der Waals surface area (Å²) in [5.41, 5.74) is 0. The van der Waals surface area contributed by atoms with E-state index in [0.717, 1.165) is 6.42 Å². The van der Waals surface area contributed by atoms with Gasteiger partial charge in [-0.3, -0.25) is 9.59 Å². The lowest BCUT2D eigenvalue weighted by Crippen LogP contribution is -2.01. The molecule has 0 spiro atoms. The van der Waals surface area contributed by atoms with Gasteiger partial charge in [0.15, 0.2) is 6.29 Å². The standard InChI is InChI=1S/C6H10O4.C4H10O2.C2H6O2/c7-5(8)3-1-2-4-6(9)10;1-2-3-4(5)6;3-1-2-4/h1-4H2,(H,7,8)(H,9,10);4-6H,2-3H2,1H3;3-4H,1-2H2. The average molecular weight is 298 g/mol. The Labute approximate surface area is 118 Å². The zero-order valence-electron chi connectivity index (χ0n) is 11.7. The highest BCUT2D eigenvalue weighted by molar-refractivity contribution is 5.67. The first kappa shape index (κ1) is 23.8. The van der Waals surface area contributed by atoms with Gasteiger partial charge in [0, 0.05) is 12.8 Å². The predicted molar refractivity (Wildman–Crippen MR) is 71.0 cm³/mol. The number of rotatable bonds is 8. The molecule has 0 aliphatic heterocycles. The largest absolute Gasteiger partial charge is 0.481 e. The fourth-order valence-corrected chi connectivity index (χ4v) is 0.811. The molecule has 0 heterocycles. The van der Waals surface area contributed by atoms with Crippen LogP contribution in [0.4, 0.5) is 0 Å². The second-order valence-electron chi connectivity index (χ2n) is 3.71. The van der Waals surface area contributed by atoms with Crippen LogP contribution in [0.5, 0.6) is 0 Å². The lowest BCUT2D eigenvalue weighted by Gasteiger charge is -1.94. The van der Waals surface area contributed by atoms with Crippen molar-refractivity contribution in [2.24, 2.45) is 0 Å². The van der Waals surface area contributed by atoms with E-state index in [0.29, 0.717) is 19.3 Å². The summed E-state index contributed by atoms with van der Waals surface area (Å²) in [5, 5.41) is 47.7. The van der Waals surface area contributed by atoms with Crippen molar-refractivity contribution < 1.29 is 40.2 Å². The smallest absolute Gasteiger partial charge is 0.303 e. The van der Waals surface area contributed by atoms with E-state index in [2.05, 4.69) is 0 Å². The Bertz CT molecular complexity index is 200. The molecular formula is C12H26O8. The van der Waals surface area contributed by atoms with Crippen LogP contribution in [0, 0.1) is 0 Å². The maximum absolute atomic E-state index is 9.90. The van der Waals surface area contributed by atoms with Crippen LogP contribution in [0.3, 0.4) is 0 Å². The maximum atomic E-state index is 9.90. The number of aliphatic hydroxyl groups is 4. The zero-order chi connectivity index (χ0) is 16.4. The molecule has 8 heteroatoms. The van der Waals surface area contributed by atoms with Crippen molar-refractivity contribution in [2.75, 3.05) is 13.2 Å². The molecule has 20 heavy (non-hydrogen) atoms. The van der Waals surface area contributed by atoms with Crippen molar-refractivity contribution in [1.29, 1.82) is 0 Å². The summed E-state index contributed by atoms with van der Waals surface area (Å²) in [4.78, 5) is 19.8. The van der Waals surface area contributed by atoms with E-state index in [9.17, 15) is 9.59 Å². The van der Waals surface area contributed by atoms with Gasteiger partial charge in [-0.2, -0.15) is 0 Å². The fraction of sp³-hybridized carbons (Fsp3) is 0.833. The van der Waals surface area contributed by atoms with Gasteiger partial charge in [0.05, 0.1) is 13.2 Å². The Morgan fingerprint density at radius 1 is 0.900 bits per heavy atom. The van der Waals surface area contributed by atoms with Crippen LogP contribution >= 0.6 is 0 Å². The molecule has 0 radical (unpaired) electrons. The first-order valence-corrected chi connectivity index (χ1v) is 6.33. The van der Waals surface area contributed by atoms with Crippen LogP contribution in [0.15, 0.2) is 0 Å². The molecule has 8 nitrogen and oxygen atoms in total. The van der Waals surface area contributed by atoms with E-state index in [1.807, 2.05) is 6.92 Å². The topological polar surface area (TPSA) is 156 Å². The molecule has 0 bridgehead atoms. The summed E-state index contributed by atoms with van der Waals surface area (Å²) in [6.45, 7) is 1.65. The minimum Gasteiger partial charge on any atom is -0.481 e. The van der Waals surface area contributed by atoms with Gasteiger partial charge in [-0.05, 0) is 19.3 Å². The molecule has 0 rings (SSSR count). The number of hydrogen-bond acceptors (Lipinski definition) is 6. The number of carbonyl (C=O) groups is 2. The molecule has 122 valence electrons. The molecule has 0 saturated heterocycles. The molecule has 0 aliphatic carbocycles. The van der Waals surface area contributed by atoms with E-state index >= 15 is 0 Å². The Morgan fingerprint density at radius 3 is 1.35 bits per heavy atom. The number of carboxylic acid groups (broad SMARTS) is 2. The molecule has 0 aromatic rings. The number of hydrogen-bond donors (Lipinski definition) is 6. The van der Waals surface area contributed by atoms with E-state index in [4.69, 9.17) is 30.6 Å². The molecule has 0 aliphatic rings. The van der Waals surface area contributed by atoms with E-state index in [1.54, 1.807) is 0 Å². The molecule has 6 N–H and O–H groups in total. The average Bonchev–Trinajstić information content (AvgIpc) is 2.35. The summed E-state index contributed by atoms with van der Waals surface area (Å²) in [6.07, 6.45) is 1.23. The fourth-order valence-electron chi connectivity index (χ4n) is 0.811. The first-order valence-electron chi connectivity index (χ1n) is 6.33. The molecule has 0 saturated carbocycles. The molecular weight excluding hydrogens is 272 g/mol. The minimum atomic E-state index is -1.10. The van der Waals surface area contributed by atoms with Crippen LogP contribution in [-0.2, 0) is 9.59 Å². The van der Waals surface area contributed by atoms with Gasteiger partial charge in [-0.15, -0.1) is 0 Å². The summed E-state index contributed by atoms with van der Waals surface area (Å²) in [7, 11) is 0. The van der Waals surface area contributed by atoms with Gasteiger partial charge in [-0.25, -0.2) is 0 Å². The van der Waals surface area contributed by atoms with Crippen molar-refractivity contribution in [3.63, 3.8) is 0 Å². The van der Waals surface area contributed by atoms with Gasteiger partial charge in [-0.1, -0.05) is 13.3 Å². The van der Waals surface area contributed by atoms with Gasteiger partial charge in [0.25, 0.3) is 0 Å². The third-order valence-corrected chi connectivity index (χ3v) is 1.68. The normalized spacial score (nSPS) is 9.10. The van der Waals surface area contributed by atoms with Gasteiger partial charge in [0.2, 0.25) is 0 Å². The molecule has 0 atom stereocenters. The van der Waals surface area contributed by atoms with Crippen LogP contribution in [0.2, 0.25) is 0 Å². The zero-order valence-corrected chi connectivity index (χ0v) is 11.7. The second-order valence-corrected chi connectivity index (χ2v) is 3.71. The molecule has 0 aromatic heterocycles. The minimum absolute atomic E-state index is 0.0628. The van der Waals surface area contributed by atoms with Gasteiger partial charge in [0.1, 0.15) is 0 Å². The summed E-state index contributed by atoms with van der Waals surface area (Å²) >= 11 is 0. The van der Waals surface area contributed by atoms with Crippen molar-refractivity contribution in [2.45, 2.75) is 51.7 Å². The number of carboxylic acids is 2. The first-order chi connectivity index (χ1) is 9.31. The SMILES string of the molecule is CCCC(O)O.O=C(O)CCCCC(=O)O.OCCO. The summed E-state index contributed by atoms with van der Waals surface area (Å²) in [6, 6.07) is 0. The summed E-state index contributed by atoms with van der Waals surface area (Å²) < 4.78 is 0. The molecule has 0 fully saturated rings. The highest BCUT2D eigenvalue weighted by atomic mass is 16.5. The van der Waals surface area contributed by atoms with Crippen LogP contribution < -0.4 is 0 Å². The number of unbranched alkanes of at least 4 members (excludes halogenated alkanes) is 1. The van der Waals surface area contributed by atoms with E-state index in [1.165, 1.54) is 0 Å². The van der Waals surface area contributed by atoms with Crippen LogP contribution in [-0.4, -0.2) is 62.1 Å².